The summed E-state index contributed by atoms with van der Waals surface area (Å²) in [7, 11) is 0. The van der Waals surface area contributed by atoms with Gasteiger partial charge in [0.05, 0.1) is 12.3 Å². The summed E-state index contributed by atoms with van der Waals surface area (Å²) in [6.07, 6.45) is 2.83. The highest BCUT2D eigenvalue weighted by Gasteiger charge is 2.59. The monoisotopic (exact) mass is 437 g/mol. The average molecular weight is 438 g/mol. The second-order valence-corrected chi connectivity index (χ2v) is 10.1. The summed E-state index contributed by atoms with van der Waals surface area (Å²) in [5, 5.41) is 12.5. The zero-order valence-electron chi connectivity index (χ0n) is 17.1. The van der Waals surface area contributed by atoms with Gasteiger partial charge in [0.1, 0.15) is 6.04 Å². The molecule has 168 valence electrons. The summed E-state index contributed by atoms with van der Waals surface area (Å²) in [6, 6.07) is -0.920. The van der Waals surface area contributed by atoms with Crippen molar-refractivity contribution in [1.82, 2.24) is 26.4 Å². The van der Waals surface area contributed by atoms with Crippen LogP contribution >= 0.6 is 11.6 Å². The molecule has 4 rings (SSSR count). The first-order valence-corrected chi connectivity index (χ1v) is 11.7. The number of nitrogens with one attached hydrogen (secondary N) is 4. The van der Waals surface area contributed by atoms with E-state index in [4.69, 9.17) is 11.6 Å². The Bertz CT molecular complexity index is 537. The molecule has 4 aliphatic rings. The fraction of sp³-hybridized carbons (Fsp3) is 1.00. The number of hydrogen-bond donors (Lipinski definition) is 4. The van der Waals surface area contributed by atoms with Gasteiger partial charge < -0.3 is 5.32 Å². The van der Waals surface area contributed by atoms with Gasteiger partial charge in [-0.15, -0.1) is 11.6 Å². The lowest BCUT2D eigenvalue weighted by Gasteiger charge is -2.44. The summed E-state index contributed by atoms with van der Waals surface area (Å²) in [5.41, 5.74) is 2.88. The number of piperidine rings is 1. The Labute approximate surface area is 176 Å². The van der Waals surface area contributed by atoms with E-state index < -0.39 is 18.1 Å². The van der Waals surface area contributed by atoms with Gasteiger partial charge >= 0.3 is 6.18 Å². The molecule has 0 radical (unpaired) electrons. The van der Waals surface area contributed by atoms with Crippen LogP contribution in [0.2, 0.25) is 0 Å². The van der Waals surface area contributed by atoms with Gasteiger partial charge in [-0.3, -0.25) is 10.6 Å². The molecule has 4 N–H and O–H groups in total. The van der Waals surface area contributed by atoms with E-state index >= 15 is 0 Å². The predicted molar refractivity (Wildman–Crippen MR) is 108 cm³/mol. The van der Waals surface area contributed by atoms with Gasteiger partial charge in [-0.2, -0.15) is 13.2 Å². The first kappa shape index (κ1) is 22.1. The van der Waals surface area contributed by atoms with E-state index in [0.29, 0.717) is 6.04 Å². The van der Waals surface area contributed by atoms with Gasteiger partial charge in [0, 0.05) is 29.9 Å². The van der Waals surface area contributed by atoms with Crippen molar-refractivity contribution in [2.45, 2.75) is 100 Å². The maximum atomic E-state index is 14.0. The number of hydrazine groups is 1. The van der Waals surface area contributed by atoms with E-state index in [2.05, 4.69) is 28.3 Å². The van der Waals surface area contributed by atoms with Crippen LogP contribution in [0, 0.1) is 11.8 Å². The molecule has 0 amide bonds. The number of rotatable bonds is 4. The number of alkyl halides is 4. The van der Waals surface area contributed by atoms with Gasteiger partial charge in [0.15, 0.2) is 0 Å². The molecular formula is C20H35ClF3N5. The van der Waals surface area contributed by atoms with Crippen LogP contribution in [0.25, 0.3) is 0 Å². The minimum Gasteiger partial charge on any atom is -0.313 e. The first-order valence-electron chi connectivity index (χ1n) is 11.3. The largest absolute Gasteiger partial charge is 0.405 e. The third-order valence-electron chi connectivity index (χ3n) is 7.32. The molecule has 6 atom stereocenters. The van der Waals surface area contributed by atoms with Crippen LogP contribution in [-0.2, 0) is 0 Å². The van der Waals surface area contributed by atoms with Crippen molar-refractivity contribution in [2.24, 2.45) is 11.8 Å². The van der Waals surface area contributed by atoms with Crippen molar-refractivity contribution in [3.05, 3.63) is 0 Å². The molecule has 0 bridgehead atoms. The molecule has 1 saturated carbocycles. The molecule has 5 nitrogen and oxygen atoms in total. The van der Waals surface area contributed by atoms with Crippen molar-refractivity contribution in [3.63, 3.8) is 0 Å². The molecule has 1 aliphatic carbocycles. The SMILES string of the molecule is CC1CC(NCC2CCCCN2)N2NC(C(F)(F)F)C(C3CCC(Cl)CC3)C2N1. The van der Waals surface area contributed by atoms with Crippen LogP contribution < -0.4 is 21.4 Å². The lowest BCUT2D eigenvalue weighted by molar-refractivity contribution is -0.169. The normalized spacial score (nSPS) is 44.6. The minimum atomic E-state index is -4.26. The third-order valence-corrected chi connectivity index (χ3v) is 7.75. The minimum absolute atomic E-state index is 0.0394. The summed E-state index contributed by atoms with van der Waals surface area (Å²) in [5.74, 6) is -0.448. The van der Waals surface area contributed by atoms with Crippen molar-refractivity contribution in [2.75, 3.05) is 13.1 Å². The van der Waals surface area contributed by atoms with E-state index in [1.165, 1.54) is 12.8 Å². The first-order chi connectivity index (χ1) is 13.8. The summed E-state index contributed by atoms with van der Waals surface area (Å²) in [4.78, 5) is 0. The highest BCUT2D eigenvalue weighted by molar-refractivity contribution is 6.20. The Morgan fingerprint density at radius 3 is 2.52 bits per heavy atom. The van der Waals surface area contributed by atoms with Gasteiger partial charge in [0.2, 0.25) is 0 Å². The Kier molecular flexibility index (Phi) is 6.98. The topological polar surface area (TPSA) is 51.4 Å². The Balaban J connectivity index is 1.48. The van der Waals surface area contributed by atoms with Crippen molar-refractivity contribution in [3.8, 4) is 0 Å². The quantitative estimate of drug-likeness (QED) is 0.509. The molecule has 6 unspecified atom stereocenters. The molecule has 0 aromatic carbocycles. The van der Waals surface area contributed by atoms with Crippen LogP contribution in [0.5, 0.6) is 0 Å². The molecule has 3 saturated heterocycles. The van der Waals surface area contributed by atoms with E-state index in [1.54, 1.807) is 0 Å². The average Bonchev–Trinajstić information content (AvgIpc) is 3.07. The lowest BCUT2D eigenvalue weighted by atomic mass is 9.75. The zero-order valence-corrected chi connectivity index (χ0v) is 17.9. The van der Waals surface area contributed by atoms with Gasteiger partial charge in [-0.1, -0.05) is 6.42 Å². The zero-order chi connectivity index (χ0) is 20.6. The van der Waals surface area contributed by atoms with Gasteiger partial charge in [-0.25, -0.2) is 10.4 Å². The third kappa shape index (κ3) is 5.04. The van der Waals surface area contributed by atoms with Gasteiger partial charge in [0.25, 0.3) is 0 Å². The molecule has 0 aromatic rings. The Morgan fingerprint density at radius 2 is 1.86 bits per heavy atom. The molecular weight excluding hydrogens is 403 g/mol. The van der Waals surface area contributed by atoms with Crippen molar-refractivity contribution >= 4 is 11.6 Å². The Morgan fingerprint density at radius 1 is 1.10 bits per heavy atom. The molecule has 9 heteroatoms. The second kappa shape index (κ2) is 9.17. The van der Waals surface area contributed by atoms with Crippen LogP contribution in [-0.4, -0.2) is 60.1 Å². The number of nitrogens with zero attached hydrogens (tertiary/aromatic N) is 1. The number of hydrogen-bond acceptors (Lipinski definition) is 5. The van der Waals surface area contributed by atoms with Crippen LogP contribution in [0.1, 0.15) is 58.3 Å². The molecule has 3 aliphatic heterocycles. The fourth-order valence-corrected chi connectivity index (χ4v) is 6.07. The summed E-state index contributed by atoms with van der Waals surface area (Å²) >= 11 is 6.23. The maximum Gasteiger partial charge on any atom is 0.405 e. The van der Waals surface area contributed by atoms with E-state index in [9.17, 15) is 13.2 Å². The molecule has 29 heavy (non-hydrogen) atoms. The summed E-state index contributed by atoms with van der Waals surface area (Å²) < 4.78 is 42.0. The fourth-order valence-electron chi connectivity index (χ4n) is 5.82. The van der Waals surface area contributed by atoms with E-state index in [-0.39, 0.29) is 29.7 Å². The van der Waals surface area contributed by atoms with Crippen molar-refractivity contribution in [1.29, 1.82) is 0 Å². The van der Waals surface area contributed by atoms with Crippen LogP contribution in [0.4, 0.5) is 13.2 Å². The molecule has 4 fully saturated rings. The van der Waals surface area contributed by atoms with Gasteiger partial charge in [-0.05, 0) is 64.3 Å². The molecule has 0 spiro atoms. The number of halogens is 4. The standard InChI is InChI=1S/C20H35ClF3N5/c1-12-10-16(26-11-15-4-2-3-9-25-15)29-19(27-12)17(18(28-29)20(22,23)24)13-5-7-14(21)8-6-13/h12-19,25-28H,2-11H2,1H3. The van der Waals surface area contributed by atoms with E-state index in [1.807, 2.05) is 5.01 Å². The van der Waals surface area contributed by atoms with E-state index in [0.717, 1.165) is 51.6 Å². The van der Waals surface area contributed by atoms with Crippen LogP contribution in [0.15, 0.2) is 0 Å². The molecule has 3 heterocycles. The predicted octanol–water partition coefficient (Wildman–Crippen LogP) is 2.92. The highest BCUT2D eigenvalue weighted by atomic mass is 35.5. The maximum absolute atomic E-state index is 14.0. The Hall–Kier alpha value is -0.120. The number of fused-ring (bicyclic) bond motifs is 1. The highest BCUT2D eigenvalue weighted by Crippen LogP contribution is 2.44. The molecule has 0 aromatic heterocycles. The summed E-state index contributed by atoms with van der Waals surface area (Å²) in [6.45, 7) is 3.90. The van der Waals surface area contributed by atoms with Crippen molar-refractivity contribution < 1.29 is 13.2 Å². The second-order valence-electron chi connectivity index (χ2n) is 9.46. The smallest absolute Gasteiger partial charge is 0.313 e. The van der Waals surface area contributed by atoms with Crippen LogP contribution in [0.3, 0.4) is 0 Å². The lowest BCUT2D eigenvalue weighted by Crippen LogP contribution is -2.66.